The summed E-state index contributed by atoms with van der Waals surface area (Å²) < 4.78 is 10.2. The first kappa shape index (κ1) is 11.9. The second kappa shape index (κ2) is 7.20. The monoisotopic (exact) mass is 210 g/mol. The number of hydrogen-bond acceptors (Lipinski definition) is 4. The lowest BCUT2D eigenvalue weighted by Crippen LogP contribution is -2.12. The largest absolute Gasteiger partial charge is 0.382 e. The number of nitrogens with zero attached hydrogens (tertiary/aromatic N) is 1. The number of aromatic nitrogens is 1. The highest BCUT2D eigenvalue weighted by Gasteiger charge is 1.93. The number of anilines is 1. The minimum atomic E-state index is 0.638. The first-order valence-electron chi connectivity index (χ1n) is 5.07. The van der Waals surface area contributed by atoms with Gasteiger partial charge in [-0.25, -0.2) is 4.98 Å². The second-order valence-corrected chi connectivity index (χ2v) is 3.20. The third kappa shape index (κ3) is 5.34. The van der Waals surface area contributed by atoms with E-state index in [-0.39, 0.29) is 0 Å². The molecule has 84 valence electrons. The van der Waals surface area contributed by atoms with Crippen LogP contribution in [0.15, 0.2) is 18.2 Å². The van der Waals surface area contributed by atoms with Gasteiger partial charge in [0.05, 0.1) is 19.8 Å². The number of methoxy groups -OCH3 is 1. The maximum absolute atomic E-state index is 5.31. The summed E-state index contributed by atoms with van der Waals surface area (Å²) in [5.74, 6) is 0.894. The molecule has 1 aromatic heterocycles. The highest BCUT2D eigenvalue weighted by molar-refractivity contribution is 5.34. The lowest BCUT2D eigenvalue weighted by Gasteiger charge is -2.06. The first-order valence-corrected chi connectivity index (χ1v) is 5.07. The highest BCUT2D eigenvalue weighted by atomic mass is 16.5. The Balaban J connectivity index is 2.10. The Bertz CT molecular complexity index is 279. The predicted octanol–water partition coefficient (Wildman–Crippen LogP) is 1.46. The Morgan fingerprint density at radius 2 is 2.13 bits per heavy atom. The zero-order valence-corrected chi connectivity index (χ0v) is 9.32. The van der Waals surface area contributed by atoms with Crippen molar-refractivity contribution in [1.82, 2.24) is 4.98 Å². The summed E-state index contributed by atoms with van der Waals surface area (Å²) in [6.45, 7) is 4.68. The van der Waals surface area contributed by atoms with Gasteiger partial charge in [0, 0.05) is 19.3 Å². The fraction of sp³-hybridized carbons (Fsp3) is 0.545. The van der Waals surface area contributed by atoms with Gasteiger partial charge in [-0.2, -0.15) is 0 Å². The van der Waals surface area contributed by atoms with E-state index in [4.69, 9.17) is 9.47 Å². The number of ether oxygens (including phenoxy) is 2. The molecule has 0 aliphatic carbocycles. The molecule has 0 bridgehead atoms. The summed E-state index contributed by atoms with van der Waals surface area (Å²) in [7, 11) is 1.66. The number of aryl methyl sites for hydroxylation is 1. The van der Waals surface area contributed by atoms with Gasteiger partial charge in [0.15, 0.2) is 0 Å². The summed E-state index contributed by atoms with van der Waals surface area (Å²) in [5.41, 5.74) is 1.01. The zero-order valence-electron chi connectivity index (χ0n) is 9.32. The lowest BCUT2D eigenvalue weighted by molar-refractivity contribution is 0.0759. The van der Waals surface area contributed by atoms with Gasteiger partial charge in [0.25, 0.3) is 0 Å². The smallest absolute Gasteiger partial charge is 0.126 e. The quantitative estimate of drug-likeness (QED) is 0.692. The summed E-state index contributed by atoms with van der Waals surface area (Å²) >= 11 is 0. The lowest BCUT2D eigenvalue weighted by atomic mass is 10.4. The standard InChI is InChI=1S/C11H18N2O2/c1-10-4-3-5-11(13-10)12-6-7-15-9-8-14-2/h3-5H,6-9H2,1-2H3,(H,12,13). The molecule has 0 saturated carbocycles. The maximum atomic E-state index is 5.31. The molecule has 0 atom stereocenters. The van der Waals surface area contributed by atoms with Gasteiger partial charge in [-0.05, 0) is 19.1 Å². The maximum Gasteiger partial charge on any atom is 0.126 e. The van der Waals surface area contributed by atoms with E-state index >= 15 is 0 Å². The van der Waals surface area contributed by atoms with Crippen molar-refractivity contribution in [1.29, 1.82) is 0 Å². The van der Waals surface area contributed by atoms with Crippen molar-refractivity contribution < 1.29 is 9.47 Å². The molecule has 1 N–H and O–H groups in total. The molecule has 1 heterocycles. The molecule has 0 unspecified atom stereocenters. The van der Waals surface area contributed by atoms with Crippen LogP contribution in [-0.4, -0.2) is 38.5 Å². The number of rotatable bonds is 7. The SMILES string of the molecule is COCCOCCNc1cccc(C)n1. The summed E-state index contributed by atoms with van der Waals surface area (Å²) in [6, 6.07) is 5.90. The molecule has 4 nitrogen and oxygen atoms in total. The molecule has 0 spiro atoms. The van der Waals surface area contributed by atoms with E-state index in [0.29, 0.717) is 19.8 Å². The number of pyridine rings is 1. The minimum absolute atomic E-state index is 0.638. The number of hydrogen-bond donors (Lipinski definition) is 1. The van der Waals surface area contributed by atoms with Crippen LogP contribution in [0.5, 0.6) is 0 Å². The van der Waals surface area contributed by atoms with Crippen LogP contribution >= 0.6 is 0 Å². The number of nitrogens with one attached hydrogen (secondary N) is 1. The zero-order chi connectivity index (χ0) is 10.9. The molecular formula is C11H18N2O2. The van der Waals surface area contributed by atoms with Crippen molar-refractivity contribution in [2.45, 2.75) is 6.92 Å². The minimum Gasteiger partial charge on any atom is -0.382 e. The van der Waals surface area contributed by atoms with Crippen LogP contribution < -0.4 is 5.32 Å². The van der Waals surface area contributed by atoms with Gasteiger partial charge in [0.1, 0.15) is 5.82 Å². The predicted molar refractivity (Wildman–Crippen MR) is 60.2 cm³/mol. The van der Waals surface area contributed by atoms with E-state index in [1.807, 2.05) is 25.1 Å². The molecule has 0 radical (unpaired) electrons. The molecule has 4 heteroatoms. The van der Waals surface area contributed by atoms with E-state index in [9.17, 15) is 0 Å². The van der Waals surface area contributed by atoms with Gasteiger partial charge in [0.2, 0.25) is 0 Å². The summed E-state index contributed by atoms with van der Waals surface area (Å²) in [4.78, 5) is 4.32. The van der Waals surface area contributed by atoms with Crippen molar-refractivity contribution in [3.63, 3.8) is 0 Å². The van der Waals surface area contributed by atoms with Crippen molar-refractivity contribution in [3.05, 3.63) is 23.9 Å². The van der Waals surface area contributed by atoms with E-state index in [1.165, 1.54) is 0 Å². The van der Waals surface area contributed by atoms with Gasteiger partial charge >= 0.3 is 0 Å². The van der Waals surface area contributed by atoms with Gasteiger partial charge in [-0.15, -0.1) is 0 Å². The molecule has 0 fully saturated rings. The molecule has 0 saturated heterocycles. The molecule has 15 heavy (non-hydrogen) atoms. The molecule has 0 amide bonds. The van der Waals surface area contributed by atoms with Crippen LogP contribution in [0.1, 0.15) is 5.69 Å². The molecule has 1 rings (SSSR count). The van der Waals surface area contributed by atoms with Crippen LogP contribution in [0.4, 0.5) is 5.82 Å². The van der Waals surface area contributed by atoms with Crippen molar-refractivity contribution in [3.8, 4) is 0 Å². The fourth-order valence-electron chi connectivity index (χ4n) is 1.14. The van der Waals surface area contributed by atoms with Crippen LogP contribution in [0, 0.1) is 6.92 Å². The Hall–Kier alpha value is -1.13. The first-order chi connectivity index (χ1) is 7.33. The fourth-order valence-corrected chi connectivity index (χ4v) is 1.14. The summed E-state index contributed by atoms with van der Waals surface area (Å²) in [5, 5.41) is 3.19. The van der Waals surface area contributed by atoms with Gasteiger partial charge in [-0.3, -0.25) is 0 Å². The van der Waals surface area contributed by atoms with E-state index in [0.717, 1.165) is 18.1 Å². The molecular weight excluding hydrogens is 192 g/mol. The van der Waals surface area contributed by atoms with Crippen molar-refractivity contribution in [2.24, 2.45) is 0 Å². The molecule has 0 aromatic carbocycles. The van der Waals surface area contributed by atoms with E-state index < -0.39 is 0 Å². The molecule has 1 aromatic rings. The third-order valence-corrected chi connectivity index (χ3v) is 1.87. The van der Waals surface area contributed by atoms with Gasteiger partial charge < -0.3 is 14.8 Å². The Kier molecular flexibility index (Phi) is 5.73. The molecule has 0 aliphatic heterocycles. The Morgan fingerprint density at radius 3 is 2.87 bits per heavy atom. The third-order valence-electron chi connectivity index (χ3n) is 1.87. The molecule has 0 aliphatic rings. The van der Waals surface area contributed by atoms with Crippen molar-refractivity contribution >= 4 is 5.82 Å². The van der Waals surface area contributed by atoms with Crippen LogP contribution in [0.25, 0.3) is 0 Å². The average molecular weight is 210 g/mol. The van der Waals surface area contributed by atoms with E-state index in [1.54, 1.807) is 7.11 Å². The van der Waals surface area contributed by atoms with Crippen LogP contribution in [0.2, 0.25) is 0 Å². The van der Waals surface area contributed by atoms with Crippen LogP contribution in [0.3, 0.4) is 0 Å². The van der Waals surface area contributed by atoms with E-state index in [2.05, 4.69) is 10.3 Å². The normalized spacial score (nSPS) is 10.3. The van der Waals surface area contributed by atoms with Crippen molar-refractivity contribution in [2.75, 3.05) is 38.8 Å². The Labute approximate surface area is 90.6 Å². The van der Waals surface area contributed by atoms with Crippen LogP contribution in [-0.2, 0) is 9.47 Å². The topological polar surface area (TPSA) is 43.4 Å². The average Bonchev–Trinajstić information content (AvgIpc) is 2.23. The second-order valence-electron chi connectivity index (χ2n) is 3.20. The Morgan fingerprint density at radius 1 is 1.27 bits per heavy atom. The highest BCUT2D eigenvalue weighted by Crippen LogP contribution is 2.02. The van der Waals surface area contributed by atoms with Gasteiger partial charge in [-0.1, -0.05) is 6.07 Å². The summed E-state index contributed by atoms with van der Waals surface area (Å²) in [6.07, 6.45) is 0.